The predicted molar refractivity (Wildman–Crippen MR) is 136 cm³/mol. The predicted octanol–water partition coefficient (Wildman–Crippen LogP) is 4.76. The Bertz CT molecular complexity index is 959. The van der Waals surface area contributed by atoms with E-state index in [-0.39, 0.29) is 49.4 Å². The maximum atomic E-state index is 12.5. The molecule has 2 atom stereocenters. The van der Waals surface area contributed by atoms with E-state index in [0.717, 1.165) is 32.1 Å². The van der Waals surface area contributed by atoms with E-state index in [4.69, 9.17) is 29.4 Å². The summed E-state index contributed by atoms with van der Waals surface area (Å²) in [6.07, 6.45) is 2.65. The van der Waals surface area contributed by atoms with Crippen LogP contribution in [0.4, 0.5) is 9.59 Å². The third-order valence-corrected chi connectivity index (χ3v) is 6.10. The van der Waals surface area contributed by atoms with Crippen LogP contribution in [0.3, 0.4) is 0 Å². The molecule has 1 saturated carbocycles. The van der Waals surface area contributed by atoms with Gasteiger partial charge in [0.1, 0.15) is 11.6 Å². The fourth-order valence-corrected chi connectivity index (χ4v) is 4.22. The molecule has 0 bridgehead atoms. The van der Waals surface area contributed by atoms with E-state index >= 15 is 0 Å². The Labute approximate surface area is 222 Å². The first-order valence-electron chi connectivity index (χ1n) is 13.1. The maximum Gasteiger partial charge on any atom is 0.513 e. The summed E-state index contributed by atoms with van der Waals surface area (Å²) in [5, 5.41) is 9.94. The molecule has 0 heterocycles. The van der Waals surface area contributed by atoms with E-state index in [2.05, 4.69) is 0 Å². The lowest BCUT2D eigenvalue weighted by atomic mass is 9.86. The molecule has 0 amide bonds. The number of ether oxygens (including phenoxy) is 5. The summed E-state index contributed by atoms with van der Waals surface area (Å²) < 4.78 is 25.8. The van der Waals surface area contributed by atoms with Crippen molar-refractivity contribution in [2.24, 2.45) is 11.7 Å². The molecule has 1 aromatic rings. The van der Waals surface area contributed by atoms with E-state index < -0.39 is 29.9 Å². The molecule has 11 nitrogen and oxygen atoms in total. The van der Waals surface area contributed by atoms with E-state index in [1.54, 1.807) is 6.92 Å². The molecule has 3 N–H and O–H groups in total. The highest BCUT2D eigenvalue weighted by Crippen LogP contribution is 2.32. The molecule has 11 heteroatoms. The zero-order valence-corrected chi connectivity index (χ0v) is 22.4. The lowest BCUT2D eigenvalue weighted by Gasteiger charge is -2.29. The Balaban J connectivity index is 2.18. The number of benzene rings is 1. The van der Waals surface area contributed by atoms with Crippen LogP contribution in [0.15, 0.2) is 18.2 Å². The molecule has 2 rings (SSSR count). The number of esters is 1. The van der Waals surface area contributed by atoms with Crippen molar-refractivity contribution in [3.05, 3.63) is 23.8 Å². The van der Waals surface area contributed by atoms with Gasteiger partial charge in [-0.2, -0.15) is 0 Å². The Morgan fingerprint density at radius 2 is 1.55 bits per heavy atom. The van der Waals surface area contributed by atoms with Crippen molar-refractivity contribution in [1.29, 1.82) is 0 Å². The Morgan fingerprint density at radius 3 is 2.11 bits per heavy atom. The normalized spacial score (nSPS) is 16.0. The van der Waals surface area contributed by atoms with Gasteiger partial charge in [-0.25, -0.2) is 9.59 Å². The van der Waals surface area contributed by atoms with Crippen molar-refractivity contribution in [3.8, 4) is 11.5 Å². The Hall–Kier alpha value is -3.34. The van der Waals surface area contributed by atoms with Crippen molar-refractivity contribution < 1.29 is 48.0 Å². The fraction of sp³-hybridized carbons (Fsp3) is 0.630. The summed E-state index contributed by atoms with van der Waals surface area (Å²) in [4.78, 5) is 48.7. The number of carbonyl (C=O) groups excluding carboxylic acids is 3. The van der Waals surface area contributed by atoms with Crippen molar-refractivity contribution in [2.45, 2.75) is 90.2 Å². The van der Waals surface area contributed by atoms with Crippen LogP contribution in [0.5, 0.6) is 11.5 Å². The first-order chi connectivity index (χ1) is 18.1. The highest BCUT2D eigenvalue weighted by molar-refractivity contribution is 5.79. The minimum absolute atomic E-state index is 0.115. The smallest absolute Gasteiger partial charge is 0.480 e. The van der Waals surface area contributed by atoms with E-state index in [1.807, 2.05) is 13.8 Å². The van der Waals surface area contributed by atoms with Gasteiger partial charge in [-0.15, -0.1) is 0 Å². The second kappa shape index (κ2) is 15.2. The van der Waals surface area contributed by atoms with Gasteiger partial charge < -0.3 is 34.5 Å². The van der Waals surface area contributed by atoms with Crippen LogP contribution in [0, 0.1) is 5.92 Å². The lowest BCUT2D eigenvalue weighted by molar-refractivity contribution is -0.158. The average Bonchev–Trinajstić information content (AvgIpc) is 2.88. The first kappa shape index (κ1) is 30.9. The highest BCUT2D eigenvalue weighted by Gasteiger charge is 2.38. The molecule has 0 aromatic heterocycles. The molecule has 0 spiro atoms. The third-order valence-electron chi connectivity index (χ3n) is 6.10. The maximum absolute atomic E-state index is 12.5. The molecule has 0 aliphatic heterocycles. The van der Waals surface area contributed by atoms with Gasteiger partial charge in [-0.3, -0.25) is 9.59 Å². The van der Waals surface area contributed by atoms with Crippen LogP contribution in [-0.4, -0.2) is 54.2 Å². The van der Waals surface area contributed by atoms with Gasteiger partial charge in [0.05, 0.1) is 19.1 Å². The van der Waals surface area contributed by atoms with Crippen LogP contribution in [-0.2, 0) is 30.2 Å². The summed E-state index contributed by atoms with van der Waals surface area (Å²) in [5.74, 6) is -2.07. The zero-order valence-electron chi connectivity index (χ0n) is 22.4. The first-order valence-corrected chi connectivity index (χ1v) is 13.1. The number of hydrogen-bond acceptors (Lipinski definition) is 10. The summed E-state index contributed by atoms with van der Waals surface area (Å²) >= 11 is 0. The topological polar surface area (TPSA) is 161 Å². The van der Waals surface area contributed by atoms with Crippen LogP contribution in [0.25, 0.3) is 0 Å². The SMILES string of the molecule is CCCOC(=O)Oc1ccc(CC(N)(C[C@H](C)OC(=O)C2CCCCC2)C(=O)O)cc1OC(=O)OCCC. The van der Waals surface area contributed by atoms with Gasteiger partial charge in [0.2, 0.25) is 0 Å². The molecule has 1 unspecified atom stereocenters. The lowest BCUT2D eigenvalue weighted by Crippen LogP contribution is -2.52. The number of nitrogens with two attached hydrogens (primary N) is 1. The number of carboxylic acid groups (broad SMARTS) is 1. The summed E-state index contributed by atoms with van der Waals surface area (Å²) in [6, 6.07) is 4.19. The second-order valence-corrected chi connectivity index (χ2v) is 9.61. The molecule has 212 valence electrons. The Morgan fingerprint density at radius 1 is 0.974 bits per heavy atom. The van der Waals surface area contributed by atoms with Crippen molar-refractivity contribution in [1.82, 2.24) is 0 Å². The van der Waals surface area contributed by atoms with Gasteiger partial charge in [-0.05, 0) is 50.3 Å². The average molecular weight is 538 g/mol. The monoisotopic (exact) mass is 537 g/mol. The number of aliphatic carboxylic acids is 1. The second-order valence-electron chi connectivity index (χ2n) is 9.61. The zero-order chi connectivity index (χ0) is 28.1. The van der Waals surface area contributed by atoms with Crippen LogP contribution < -0.4 is 15.2 Å². The summed E-state index contributed by atoms with van der Waals surface area (Å²) in [7, 11) is 0. The molecular weight excluding hydrogens is 498 g/mol. The van der Waals surface area contributed by atoms with Crippen LogP contribution >= 0.6 is 0 Å². The molecule has 0 saturated heterocycles. The standard InChI is InChI=1S/C27H39NO10/c1-4-13-34-25(32)37-21-12-11-19(15-22(21)38-26(33)35-14-5-2)17-27(28,24(30)31)16-18(3)36-23(29)20-9-7-6-8-10-20/h11-12,15,18,20H,4-10,13-14,16-17,28H2,1-3H3,(H,30,31)/t18-,27?/m0/s1. The third kappa shape index (κ3) is 9.85. The van der Waals surface area contributed by atoms with Gasteiger partial charge in [0, 0.05) is 12.8 Å². The number of carboxylic acids is 1. The van der Waals surface area contributed by atoms with Gasteiger partial charge in [0.15, 0.2) is 11.5 Å². The largest absolute Gasteiger partial charge is 0.513 e. The number of carbonyl (C=O) groups is 4. The molecule has 1 aliphatic carbocycles. The fourth-order valence-electron chi connectivity index (χ4n) is 4.22. The van der Waals surface area contributed by atoms with E-state index in [0.29, 0.717) is 18.4 Å². The van der Waals surface area contributed by atoms with Crippen LogP contribution in [0.2, 0.25) is 0 Å². The molecule has 0 radical (unpaired) electrons. The highest BCUT2D eigenvalue weighted by atomic mass is 16.7. The number of rotatable bonds is 13. The molecule has 1 fully saturated rings. The van der Waals surface area contributed by atoms with Crippen LogP contribution in [0.1, 0.15) is 77.7 Å². The van der Waals surface area contributed by atoms with E-state index in [9.17, 15) is 24.3 Å². The summed E-state index contributed by atoms with van der Waals surface area (Å²) in [6.45, 7) is 5.51. The molecular formula is C27H39NO10. The summed E-state index contributed by atoms with van der Waals surface area (Å²) in [5.41, 5.74) is 4.88. The van der Waals surface area contributed by atoms with Gasteiger partial charge in [-0.1, -0.05) is 39.2 Å². The number of hydrogen-bond donors (Lipinski definition) is 2. The van der Waals surface area contributed by atoms with Crippen molar-refractivity contribution in [3.63, 3.8) is 0 Å². The molecule has 1 aliphatic rings. The van der Waals surface area contributed by atoms with Gasteiger partial charge >= 0.3 is 24.2 Å². The molecule has 1 aromatic carbocycles. The van der Waals surface area contributed by atoms with Gasteiger partial charge in [0.25, 0.3) is 0 Å². The van der Waals surface area contributed by atoms with Crippen molar-refractivity contribution in [2.75, 3.05) is 13.2 Å². The van der Waals surface area contributed by atoms with Crippen molar-refractivity contribution >= 4 is 24.2 Å². The molecule has 38 heavy (non-hydrogen) atoms. The van der Waals surface area contributed by atoms with E-state index in [1.165, 1.54) is 18.2 Å². The Kier molecular flexibility index (Phi) is 12.3. The minimum atomic E-state index is -1.80. The quantitative estimate of drug-likeness (QED) is 0.203. The minimum Gasteiger partial charge on any atom is -0.480 e.